The van der Waals surface area contributed by atoms with Crippen LogP contribution in [0.1, 0.15) is 30.7 Å². The molecular formula is C19H27N3O2. The van der Waals surface area contributed by atoms with Gasteiger partial charge in [0.2, 0.25) is 0 Å². The summed E-state index contributed by atoms with van der Waals surface area (Å²) in [6, 6.07) is 10.9. The predicted octanol–water partition coefficient (Wildman–Crippen LogP) is 2.05. The predicted molar refractivity (Wildman–Crippen MR) is 93.1 cm³/mol. The van der Waals surface area contributed by atoms with Crippen LogP contribution in [0.2, 0.25) is 0 Å². The Labute approximate surface area is 144 Å². The number of rotatable bonds is 4. The van der Waals surface area contributed by atoms with Crippen LogP contribution >= 0.6 is 0 Å². The molecule has 0 radical (unpaired) electrons. The van der Waals surface area contributed by atoms with Gasteiger partial charge in [0.1, 0.15) is 0 Å². The molecular weight excluding hydrogens is 302 g/mol. The molecule has 2 amide bonds. The highest BCUT2D eigenvalue weighted by Crippen LogP contribution is 2.40. The molecule has 2 saturated heterocycles. The third-order valence-corrected chi connectivity index (χ3v) is 5.47. The molecule has 0 bridgehead atoms. The molecule has 0 aromatic heterocycles. The van der Waals surface area contributed by atoms with Gasteiger partial charge in [0, 0.05) is 51.3 Å². The van der Waals surface area contributed by atoms with Crippen molar-refractivity contribution in [2.24, 2.45) is 0 Å². The fourth-order valence-corrected chi connectivity index (χ4v) is 3.88. The zero-order valence-electron chi connectivity index (χ0n) is 14.2. The second-order valence-electron chi connectivity index (χ2n) is 7.23. The minimum Gasteiger partial charge on any atom is -0.377 e. The molecule has 0 spiro atoms. The summed E-state index contributed by atoms with van der Waals surface area (Å²) in [4.78, 5) is 16.8. The molecule has 3 fully saturated rings. The van der Waals surface area contributed by atoms with Crippen LogP contribution in [0.3, 0.4) is 0 Å². The van der Waals surface area contributed by atoms with E-state index in [1.165, 1.54) is 18.4 Å². The number of amides is 2. The van der Waals surface area contributed by atoms with Gasteiger partial charge < -0.3 is 15.0 Å². The highest BCUT2D eigenvalue weighted by atomic mass is 16.5. The normalized spacial score (nSPS) is 30.3. The largest absolute Gasteiger partial charge is 0.377 e. The minimum atomic E-state index is 0.107. The fraction of sp³-hybridized carbons (Fsp3) is 0.632. The van der Waals surface area contributed by atoms with Gasteiger partial charge in [0.15, 0.2) is 0 Å². The topological polar surface area (TPSA) is 44.8 Å². The summed E-state index contributed by atoms with van der Waals surface area (Å²) in [6.45, 7) is 5.49. The smallest absolute Gasteiger partial charge is 0.317 e. The number of piperazine rings is 1. The Morgan fingerprint density at radius 3 is 2.67 bits per heavy atom. The van der Waals surface area contributed by atoms with Crippen LogP contribution in [-0.4, -0.2) is 67.3 Å². The molecule has 130 valence electrons. The number of nitrogens with zero attached hydrogens (tertiary/aromatic N) is 2. The SMILES string of the molecule is O=C(N[C@@H]1C[C@@H]1c1ccccc1)N1CCN(C[C@H]2CCCO2)CC1. The summed E-state index contributed by atoms with van der Waals surface area (Å²) >= 11 is 0. The number of carbonyl (C=O) groups excluding carboxylic acids is 1. The van der Waals surface area contributed by atoms with Gasteiger partial charge in [-0.2, -0.15) is 0 Å². The maximum Gasteiger partial charge on any atom is 0.317 e. The first-order chi connectivity index (χ1) is 11.8. The molecule has 5 heteroatoms. The van der Waals surface area contributed by atoms with Crippen molar-refractivity contribution >= 4 is 6.03 Å². The zero-order valence-corrected chi connectivity index (χ0v) is 14.2. The van der Waals surface area contributed by atoms with Crippen molar-refractivity contribution in [1.29, 1.82) is 0 Å². The summed E-state index contributed by atoms with van der Waals surface area (Å²) in [5.74, 6) is 0.496. The maximum atomic E-state index is 12.4. The van der Waals surface area contributed by atoms with E-state index in [-0.39, 0.29) is 6.03 Å². The molecule has 0 unspecified atom stereocenters. The Balaban J connectivity index is 1.20. The van der Waals surface area contributed by atoms with Gasteiger partial charge in [-0.3, -0.25) is 4.90 Å². The number of hydrogen-bond donors (Lipinski definition) is 1. The van der Waals surface area contributed by atoms with Gasteiger partial charge >= 0.3 is 6.03 Å². The van der Waals surface area contributed by atoms with E-state index in [4.69, 9.17) is 4.74 Å². The van der Waals surface area contributed by atoms with E-state index in [1.807, 2.05) is 11.0 Å². The Bertz CT molecular complexity index is 551. The molecule has 1 saturated carbocycles. The second kappa shape index (κ2) is 7.11. The highest BCUT2D eigenvalue weighted by Gasteiger charge is 2.40. The number of benzene rings is 1. The lowest BCUT2D eigenvalue weighted by Crippen LogP contribution is -2.53. The summed E-state index contributed by atoms with van der Waals surface area (Å²) in [7, 11) is 0. The van der Waals surface area contributed by atoms with E-state index >= 15 is 0 Å². The van der Waals surface area contributed by atoms with E-state index in [0.717, 1.165) is 45.8 Å². The number of nitrogens with one attached hydrogen (secondary N) is 1. The van der Waals surface area contributed by atoms with E-state index in [0.29, 0.717) is 18.1 Å². The molecule has 5 nitrogen and oxygen atoms in total. The Hall–Kier alpha value is -1.59. The lowest BCUT2D eigenvalue weighted by molar-refractivity contribution is 0.0561. The number of hydrogen-bond acceptors (Lipinski definition) is 3. The fourth-order valence-electron chi connectivity index (χ4n) is 3.88. The van der Waals surface area contributed by atoms with Gasteiger partial charge in [-0.05, 0) is 24.8 Å². The van der Waals surface area contributed by atoms with Crippen LogP contribution in [0.25, 0.3) is 0 Å². The molecule has 3 aliphatic rings. The average molecular weight is 329 g/mol. The summed E-state index contributed by atoms with van der Waals surface area (Å²) in [5, 5.41) is 3.20. The molecule has 1 N–H and O–H groups in total. The maximum absolute atomic E-state index is 12.4. The van der Waals surface area contributed by atoms with Crippen LogP contribution < -0.4 is 5.32 Å². The van der Waals surface area contributed by atoms with Crippen LogP contribution in [0.4, 0.5) is 4.79 Å². The molecule has 1 aromatic rings. The summed E-state index contributed by atoms with van der Waals surface area (Å²) < 4.78 is 5.71. The first-order valence-corrected chi connectivity index (χ1v) is 9.24. The summed E-state index contributed by atoms with van der Waals surface area (Å²) in [6.07, 6.45) is 3.85. The average Bonchev–Trinajstić information content (AvgIpc) is 3.19. The van der Waals surface area contributed by atoms with Crippen LogP contribution in [0, 0.1) is 0 Å². The molecule has 1 aromatic carbocycles. The molecule has 1 aliphatic carbocycles. The zero-order chi connectivity index (χ0) is 16.4. The van der Waals surface area contributed by atoms with Crippen molar-refractivity contribution < 1.29 is 9.53 Å². The first kappa shape index (κ1) is 15.9. The number of ether oxygens (including phenoxy) is 1. The van der Waals surface area contributed by atoms with Crippen molar-refractivity contribution in [3.63, 3.8) is 0 Å². The van der Waals surface area contributed by atoms with Crippen LogP contribution in [-0.2, 0) is 4.74 Å². The van der Waals surface area contributed by atoms with Crippen molar-refractivity contribution in [3.8, 4) is 0 Å². The van der Waals surface area contributed by atoms with Crippen molar-refractivity contribution in [2.75, 3.05) is 39.3 Å². The van der Waals surface area contributed by atoms with Crippen LogP contribution in [0.15, 0.2) is 30.3 Å². The lowest BCUT2D eigenvalue weighted by Gasteiger charge is -2.35. The lowest BCUT2D eigenvalue weighted by atomic mass is 10.1. The van der Waals surface area contributed by atoms with E-state index in [2.05, 4.69) is 34.5 Å². The van der Waals surface area contributed by atoms with E-state index < -0.39 is 0 Å². The Kier molecular flexibility index (Phi) is 4.72. The first-order valence-electron chi connectivity index (χ1n) is 9.24. The second-order valence-corrected chi connectivity index (χ2v) is 7.23. The molecule has 4 rings (SSSR count). The van der Waals surface area contributed by atoms with Gasteiger partial charge in [-0.1, -0.05) is 30.3 Å². The molecule has 2 heterocycles. The molecule has 24 heavy (non-hydrogen) atoms. The van der Waals surface area contributed by atoms with Crippen molar-refractivity contribution in [3.05, 3.63) is 35.9 Å². The van der Waals surface area contributed by atoms with Gasteiger partial charge in [0.05, 0.1) is 6.10 Å². The van der Waals surface area contributed by atoms with Gasteiger partial charge in [0.25, 0.3) is 0 Å². The summed E-state index contributed by atoms with van der Waals surface area (Å²) in [5.41, 5.74) is 1.34. The Morgan fingerprint density at radius 2 is 1.96 bits per heavy atom. The molecule has 3 atom stereocenters. The van der Waals surface area contributed by atoms with E-state index in [1.54, 1.807) is 0 Å². The molecule has 2 aliphatic heterocycles. The van der Waals surface area contributed by atoms with Crippen molar-refractivity contribution in [2.45, 2.75) is 37.3 Å². The standard InChI is InChI=1S/C19H27N3O2/c23-19(20-18-13-17(18)15-5-2-1-3-6-15)22-10-8-21(9-11-22)14-16-7-4-12-24-16/h1-3,5-6,16-18H,4,7-14H2,(H,20,23)/t16-,17-,18-/m1/s1. The van der Waals surface area contributed by atoms with Crippen molar-refractivity contribution in [1.82, 2.24) is 15.1 Å². The highest BCUT2D eigenvalue weighted by molar-refractivity contribution is 5.75. The van der Waals surface area contributed by atoms with Gasteiger partial charge in [-0.25, -0.2) is 4.79 Å². The van der Waals surface area contributed by atoms with Gasteiger partial charge in [-0.15, -0.1) is 0 Å². The quantitative estimate of drug-likeness (QED) is 0.919. The monoisotopic (exact) mass is 329 g/mol. The third kappa shape index (κ3) is 3.73. The van der Waals surface area contributed by atoms with E-state index in [9.17, 15) is 4.79 Å². The van der Waals surface area contributed by atoms with Crippen LogP contribution in [0.5, 0.6) is 0 Å². The third-order valence-electron chi connectivity index (χ3n) is 5.47. The Morgan fingerprint density at radius 1 is 1.17 bits per heavy atom. The number of urea groups is 1. The number of carbonyl (C=O) groups is 1. The minimum absolute atomic E-state index is 0.107.